The molecule has 0 unspecified atom stereocenters. The maximum atomic E-state index is 12.3. The number of esters is 1. The molecule has 2 aromatic heterocycles. The molecule has 0 spiro atoms. The van der Waals surface area contributed by atoms with Gasteiger partial charge in [-0.2, -0.15) is 10.2 Å². The quantitative estimate of drug-likeness (QED) is 0.542. The fourth-order valence-corrected chi connectivity index (χ4v) is 3.62. The summed E-state index contributed by atoms with van der Waals surface area (Å²) in [5, 5.41) is 8.61. The first kappa shape index (κ1) is 21.0. The van der Waals surface area contributed by atoms with Crippen LogP contribution in [0.5, 0.6) is 0 Å². The van der Waals surface area contributed by atoms with Crippen molar-refractivity contribution < 1.29 is 14.3 Å². The van der Waals surface area contributed by atoms with Crippen molar-refractivity contribution >= 4 is 5.97 Å². The highest BCUT2D eigenvalue weighted by molar-refractivity contribution is 5.72. The lowest BCUT2D eigenvalue weighted by Crippen LogP contribution is -2.22. The summed E-state index contributed by atoms with van der Waals surface area (Å²) >= 11 is 0. The largest absolute Gasteiger partial charge is 0.465 e. The Labute approximate surface area is 180 Å². The third kappa shape index (κ3) is 5.67. The molecule has 31 heavy (non-hydrogen) atoms. The number of rotatable bonds is 7. The van der Waals surface area contributed by atoms with Crippen molar-refractivity contribution in [2.75, 3.05) is 19.8 Å². The maximum absolute atomic E-state index is 12.3. The molecular formula is C23H26N4O4. The highest BCUT2D eigenvalue weighted by atomic mass is 16.5. The lowest BCUT2D eigenvalue weighted by atomic mass is 10.0. The second kappa shape index (κ2) is 9.70. The van der Waals surface area contributed by atoms with E-state index in [1.165, 1.54) is 6.07 Å². The molecule has 4 rings (SSSR count). The van der Waals surface area contributed by atoms with Gasteiger partial charge in [0.05, 0.1) is 25.4 Å². The van der Waals surface area contributed by atoms with E-state index in [0.717, 1.165) is 42.9 Å². The van der Waals surface area contributed by atoms with Crippen molar-refractivity contribution in [1.29, 1.82) is 0 Å². The van der Waals surface area contributed by atoms with Gasteiger partial charge >= 0.3 is 5.97 Å². The highest BCUT2D eigenvalue weighted by Gasteiger charge is 2.16. The van der Waals surface area contributed by atoms with Crippen LogP contribution in [0, 0.1) is 5.92 Å². The molecule has 3 aromatic rings. The number of carbonyl (C=O) groups is 1. The Morgan fingerprint density at radius 3 is 2.81 bits per heavy atom. The molecule has 1 saturated heterocycles. The van der Waals surface area contributed by atoms with Crippen LogP contribution in [0.3, 0.4) is 0 Å². The van der Waals surface area contributed by atoms with Gasteiger partial charge in [0, 0.05) is 38.9 Å². The molecule has 1 aliphatic heterocycles. The predicted octanol–water partition coefficient (Wildman–Crippen LogP) is 2.07. The minimum absolute atomic E-state index is 0.124. The van der Waals surface area contributed by atoms with Crippen LogP contribution in [0.1, 0.15) is 29.7 Å². The number of aromatic nitrogens is 4. The number of hydrogen-bond acceptors (Lipinski definition) is 6. The van der Waals surface area contributed by atoms with Crippen LogP contribution in [0.15, 0.2) is 53.7 Å². The molecule has 162 valence electrons. The Kier molecular flexibility index (Phi) is 6.57. The van der Waals surface area contributed by atoms with Gasteiger partial charge in [0.15, 0.2) is 0 Å². The number of benzene rings is 1. The molecule has 0 aliphatic carbocycles. The molecule has 0 saturated carbocycles. The van der Waals surface area contributed by atoms with Crippen molar-refractivity contribution in [2.24, 2.45) is 13.0 Å². The minimum atomic E-state index is -0.236. The van der Waals surface area contributed by atoms with Gasteiger partial charge in [-0.25, -0.2) is 4.68 Å². The Bertz CT molecular complexity index is 1100. The van der Waals surface area contributed by atoms with Crippen molar-refractivity contribution in [3.63, 3.8) is 0 Å². The topological polar surface area (TPSA) is 88.2 Å². The molecule has 0 radical (unpaired) electrons. The van der Waals surface area contributed by atoms with Crippen LogP contribution < -0.4 is 5.43 Å². The summed E-state index contributed by atoms with van der Waals surface area (Å²) in [5.41, 5.74) is 2.87. The Hall–Kier alpha value is -3.26. The Morgan fingerprint density at radius 1 is 1.23 bits per heavy atom. The number of carbonyl (C=O) groups excluding carboxylic acids is 1. The average molecular weight is 422 g/mol. The van der Waals surface area contributed by atoms with E-state index in [1.807, 2.05) is 37.5 Å². The third-order valence-electron chi connectivity index (χ3n) is 5.37. The summed E-state index contributed by atoms with van der Waals surface area (Å²) in [4.78, 5) is 24.6. The smallest absolute Gasteiger partial charge is 0.310 e. The van der Waals surface area contributed by atoms with Crippen LogP contribution in [0.25, 0.3) is 5.69 Å². The molecule has 3 heterocycles. The van der Waals surface area contributed by atoms with E-state index in [4.69, 9.17) is 9.47 Å². The first-order valence-corrected chi connectivity index (χ1v) is 10.5. The van der Waals surface area contributed by atoms with Crippen LogP contribution in [0.2, 0.25) is 0 Å². The summed E-state index contributed by atoms with van der Waals surface area (Å²) in [7, 11) is 1.83. The van der Waals surface area contributed by atoms with Crippen molar-refractivity contribution in [3.8, 4) is 5.69 Å². The molecule has 0 bridgehead atoms. The van der Waals surface area contributed by atoms with Crippen LogP contribution in [0.4, 0.5) is 0 Å². The molecule has 0 amide bonds. The predicted molar refractivity (Wildman–Crippen MR) is 114 cm³/mol. The second-order valence-electron chi connectivity index (χ2n) is 7.86. The van der Waals surface area contributed by atoms with Gasteiger partial charge in [-0.1, -0.05) is 24.3 Å². The zero-order valence-electron chi connectivity index (χ0n) is 17.6. The van der Waals surface area contributed by atoms with E-state index in [2.05, 4.69) is 10.2 Å². The lowest BCUT2D eigenvalue weighted by Gasteiger charge is -2.21. The zero-order chi connectivity index (χ0) is 21.6. The summed E-state index contributed by atoms with van der Waals surface area (Å²) in [5.74, 6) is 0.149. The molecule has 1 aromatic carbocycles. The minimum Gasteiger partial charge on any atom is -0.465 e. The zero-order valence-corrected chi connectivity index (χ0v) is 17.6. The van der Waals surface area contributed by atoms with Crippen LogP contribution >= 0.6 is 0 Å². The third-order valence-corrected chi connectivity index (χ3v) is 5.37. The van der Waals surface area contributed by atoms with Gasteiger partial charge in [-0.05, 0) is 29.9 Å². The summed E-state index contributed by atoms with van der Waals surface area (Å²) < 4.78 is 14.1. The van der Waals surface area contributed by atoms with Crippen LogP contribution in [-0.4, -0.2) is 45.4 Å². The van der Waals surface area contributed by atoms with E-state index in [-0.39, 0.29) is 17.8 Å². The van der Waals surface area contributed by atoms with E-state index < -0.39 is 0 Å². The van der Waals surface area contributed by atoms with E-state index in [1.54, 1.807) is 21.8 Å². The van der Waals surface area contributed by atoms with Gasteiger partial charge in [-0.15, -0.1) is 0 Å². The first-order chi connectivity index (χ1) is 15.1. The lowest BCUT2D eigenvalue weighted by molar-refractivity contribution is -0.145. The molecule has 8 heteroatoms. The van der Waals surface area contributed by atoms with Crippen LogP contribution in [-0.2, 0) is 34.2 Å². The normalized spacial score (nSPS) is 14.5. The SMILES string of the molecule is Cn1cc(-n2ccc(=O)c(Cc3cccc(CC(=O)OCC4CCOCC4)c3)n2)cn1. The van der Waals surface area contributed by atoms with Crippen molar-refractivity contribution in [2.45, 2.75) is 25.7 Å². The van der Waals surface area contributed by atoms with Gasteiger partial charge in [0.2, 0.25) is 5.43 Å². The van der Waals surface area contributed by atoms with Gasteiger partial charge in [-0.3, -0.25) is 14.3 Å². The molecule has 8 nitrogen and oxygen atoms in total. The number of aryl methyl sites for hydroxylation is 1. The molecule has 1 fully saturated rings. The summed E-state index contributed by atoms with van der Waals surface area (Å²) in [6.07, 6.45) is 7.60. The standard InChI is InChI=1S/C23H26N4O4/c1-26-15-20(14-24-26)27-8-5-22(28)21(25-27)12-18-3-2-4-19(11-18)13-23(29)31-16-17-6-9-30-10-7-17/h2-5,8,11,14-15,17H,6-7,9-10,12-13,16H2,1H3. The van der Waals surface area contributed by atoms with E-state index in [9.17, 15) is 9.59 Å². The monoisotopic (exact) mass is 422 g/mol. The molecule has 1 aliphatic rings. The maximum Gasteiger partial charge on any atom is 0.310 e. The summed E-state index contributed by atoms with van der Waals surface area (Å²) in [6, 6.07) is 9.15. The molecule has 0 N–H and O–H groups in total. The molecular weight excluding hydrogens is 396 g/mol. The summed E-state index contributed by atoms with van der Waals surface area (Å²) in [6.45, 7) is 1.92. The van der Waals surface area contributed by atoms with Gasteiger partial charge in [0.1, 0.15) is 11.4 Å². The second-order valence-corrected chi connectivity index (χ2v) is 7.86. The van der Waals surface area contributed by atoms with Gasteiger partial charge in [0.25, 0.3) is 0 Å². The average Bonchev–Trinajstić information content (AvgIpc) is 3.21. The van der Waals surface area contributed by atoms with Crippen molar-refractivity contribution in [1.82, 2.24) is 19.6 Å². The molecule has 0 atom stereocenters. The van der Waals surface area contributed by atoms with E-state index >= 15 is 0 Å². The fraction of sp³-hybridized carbons (Fsp3) is 0.391. The highest BCUT2D eigenvalue weighted by Crippen LogP contribution is 2.16. The Morgan fingerprint density at radius 2 is 2.03 bits per heavy atom. The first-order valence-electron chi connectivity index (χ1n) is 10.5. The Balaban J connectivity index is 1.40. The fourth-order valence-electron chi connectivity index (χ4n) is 3.62. The number of ether oxygens (including phenoxy) is 2. The van der Waals surface area contributed by atoms with E-state index in [0.29, 0.717) is 24.6 Å². The van der Waals surface area contributed by atoms with Crippen molar-refractivity contribution in [3.05, 3.63) is 76.0 Å². The number of hydrogen-bond donors (Lipinski definition) is 0. The van der Waals surface area contributed by atoms with Gasteiger partial charge < -0.3 is 9.47 Å². The number of nitrogens with zero attached hydrogens (tertiary/aromatic N) is 4.